The predicted molar refractivity (Wildman–Crippen MR) is 83.6 cm³/mol. The van der Waals surface area contributed by atoms with Crippen molar-refractivity contribution in [3.8, 4) is 17.2 Å². The fraction of sp³-hybridized carbons (Fsp3) is 0.222. The van der Waals surface area contributed by atoms with E-state index in [0.717, 1.165) is 12.1 Å². The van der Waals surface area contributed by atoms with Gasteiger partial charge in [-0.3, -0.25) is 4.79 Å². The van der Waals surface area contributed by atoms with Crippen LogP contribution in [0.3, 0.4) is 0 Å². The summed E-state index contributed by atoms with van der Waals surface area (Å²) in [6.07, 6.45) is -4.09. The summed E-state index contributed by atoms with van der Waals surface area (Å²) in [5, 5.41) is 0. The number of benzene rings is 2. The lowest BCUT2D eigenvalue weighted by molar-refractivity contribution is -0.274. The number of hydrogen-bond donors (Lipinski definition) is 0. The van der Waals surface area contributed by atoms with Crippen molar-refractivity contribution < 1.29 is 37.0 Å². The maximum atomic E-state index is 12.2. The van der Waals surface area contributed by atoms with Crippen molar-refractivity contribution in [2.45, 2.75) is 19.2 Å². The van der Waals surface area contributed by atoms with Crippen LogP contribution in [0, 0.1) is 0 Å². The first-order valence-corrected chi connectivity index (χ1v) is 7.59. The lowest BCUT2D eigenvalue weighted by atomic mass is 10.0. The normalized spacial score (nSPS) is 13.3. The average Bonchev–Trinajstić information content (AvgIpc) is 2.96. The molecule has 0 saturated heterocycles. The number of rotatable bonds is 4. The maximum Gasteiger partial charge on any atom is 0.573 e. The van der Waals surface area contributed by atoms with Crippen LogP contribution in [-0.4, -0.2) is 25.2 Å². The fourth-order valence-electron chi connectivity index (χ4n) is 2.77. The SMILES string of the molecule is COC(=O)c1c(Oc2ccc(OC(F)(F)F)cc2)ccc2c1CCC2=O. The summed E-state index contributed by atoms with van der Waals surface area (Å²) in [5.74, 6) is -0.740. The van der Waals surface area contributed by atoms with Gasteiger partial charge < -0.3 is 14.2 Å². The molecule has 26 heavy (non-hydrogen) atoms. The highest BCUT2D eigenvalue weighted by Crippen LogP contribution is 2.35. The number of alkyl halides is 3. The second-order valence-electron chi connectivity index (χ2n) is 5.50. The molecule has 136 valence electrons. The molecule has 0 radical (unpaired) electrons. The minimum absolute atomic E-state index is 0.0645. The Morgan fingerprint density at radius 1 is 1.00 bits per heavy atom. The Hall–Kier alpha value is -3.03. The molecule has 0 fully saturated rings. The first-order valence-electron chi connectivity index (χ1n) is 7.59. The highest BCUT2D eigenvalue weighted by atomic mass is 19.4. The molecule has 2 aromatic rings. The van der Waals surface area contributed by atoms with E-state index in [1.54, 1.807) is 6.07 Å². The second-order valence-corrected chi connectivity index (χ2v) is 5.50. The zero-order valence-electron chi connectivity index (χ0n) is 13.6. The fourth-order valence-corrected chi connectivity index (χ4v) is 2.77. The van der Waals surface area contributed by atoms with Gasteiger partial charge in [0.15, 0.2) is 5.78 Å². The molecule has 0 atom stereocenters. The number of esters is 1. The number of ether oxygens (including phenoxy) is 3. The Morgan fingerprint density at radius 3 is 2.27 bits per heavy atom. The van der Waals surface area contributed by atoms with Crippen LogP contribution in [0.15, 0.2) is 36.4 Å². The third-order valence-corrected chi connectivity index (χ3v) is 3.85. The molecule has 0 heterocycles. The number of Topliss-reactive ketones (excluding diaryl/α,β-unsaturated/α-hetero) is 1. The summed E-state index contributed by atoms with van der Waals surface area (Å²) in [7, 11) is 1.21. The molecule has 0 saturated carbocycles. The Bertz CT molecular complexity index is 856. The van der Waals surface area contributed by atoms with E-state index in [0.29, 0.717) is 24.0 Å². The quantitative estimate of drug-likeness (QED) is 0.756. The lowest BCUT2D eigenvalue weighted by Crippen LogP contribution is -2.16. The topological polar surface area (TPSA) is 61.8 Å². The van der Waals surface area contributed by atoms with Gasteiger partial charge in [-0.2, -0.15) is 0 Å². The first-order chi connectivity index (χ1) is 12.3. The van der Waals surface area contributed by atoms with Crippen molar-refractivity contribution in [2.24, 2.45) is 0 Å². The minimum atomic E-state index is -4.78. The summed E-state index contributed by atoms with van der Waals surface area (Å²) in [6.45, 7) is 0. The molecular weight excluding hydrogens is 353 g/mol. The van der Waals surface area contributed by atoms with E-state index in [9.17, 15) is 22.8 Å². The summed E-state index contributed by atoms with van der Waals surface area (Å²) in [5.41, 5.74) is 1.15. The van der Waals surface area contributed by atoms with Gasteiger partial charge in [-0.05, 0) is 48.4 Å². The van der Waals surface area contributed by atoms with E-state index in [2.05, 4.69) is 4.74 Å². The molecule has 0 aliphatic heterocycles. The van der Waals surface area contributed by atoms with Gasteiger partial charge in [0.05, 0.1) is 7.11 Å². The van der Waals surface area contributed by atoms with E-state index >= 15 is 0 Å². The standard InChI is InChI=1S/C18H13F3O5/c1-24-17(23)16-13-6-8-14(22)12(13)7-9-15(16)25-10-2-4-11(5-3-10)26-18(19,20)21/h2-5,7,9H,6,8H2,1H3. The van der Waals surface area contributed by atoms with Gasteiger partial charge in [-0.1, -0.05) is 0 Å². The number of methoxy groups -OCH3 is 1. The molecule has 0 aromatic heterocycles. The molecule has 0 unspecified atom stereocenters. The van der Waals surface area contributed by atoms with Crippen LogP contribution < -0.4 is 9.47 Å². The molecule has 8 heteroatoms. The van der Waals surface area contributed by atoms with Crippen LogP contribution in [0.2, 0.25) is 0 Å². The van der Waals surface area contributed by atoms with E-state index in [1.807, 2.05) is 0 Å². The summed E-state index contributed by atoms with van der Waals surface area (Å²) < 4.78 is 50.8. The molecule has 3 rings (SSSR count). The third kappa shape index (κ3) is 3.63. The zero-order valence-corrected chi connectivity index (χ0v) is 13.6. The number of ketones is 1. The Balaban J connectivity index is 1.90. The monoisotopic (exact) mass is 366 g/mol. The molecule has 0 N–H and O–H groups in total. The van der Waals surface area contributed by atoms with Crippen LogP contribution in [0.25, 0.3) is 0 Å². The molecule has 0 bridgehead atoms. The Morgan fingerprint density at radius 2 is 1.65 bits per heavy atom. The van der Waals surface area contributed by atoms with Gasteiger partial charge in [0, 0.05) is 12.0 Å². The first kappa shape index (κ1) is 17.8. The second kappa shape index (κ2) is 6.70. The van der Waals surface area contributed by atoms with Gasteiger partial charge in [-0.25, -0.2) is 4.79 Å². The van der Waals surface area contributed by atoms with Crippen molar-refractivity contribution in [3.63, 3.8) is 0 Å². The Kier molecular flexibility index (Phi) is 4.58. The van der Waals surface area contributed by atoms with E-state index in [4.69, 9.17) is 9.47 Å². The smallest absolute Gasteiger partial charge is 0.465 e. The van der Waals surface area contributed by atoms with Crippen molar-refractivity contribution >= 4 is 11.8 Å². The van der Waals surface area contributed by atoms with Gasteiger partial charge in [0.25, 0.3) is 0 Å². The summed E-state index contributed by atoms with van der Waals surface area (Å²) in [4.78, 5) is 24.0. The molecule has 5 nitrogen and oxygen atoms in total. The van der Waals surface area contributed by atoms with Gasteiger partial charge in [-0.15, -0.1) is 13.2 Å². The number of halogens is 3. The molecular formula is C18H13F3O5. The Labute approximate surface area is 146 Å². The van der Waals surface area contributed by atoms with Crippen LogP contribution in [0.1, 0.15) is 32.7 Å². The van der Waals surface area contributed by atoms with Crippen LogP contribution in [0.5, 0.6) is 17.2 Å². The van der Waals surface area contributed by atoms with Crippen molar-refractivity contribution in [3.05, 3.63) is 53.1 Å². The average molecular weight is 366 g/mol. The summed E-state index contributed by atoms with van der Waals surface area (Å²) in [6, 6.07) is 7.78. The van der Waals surface area contributed by atoms with Crippen LogP contribution in [-0.2, 0) is 11.2 Å². The molecule has 1 aliphatic carbocycles. The highest BCUT2D eigenvalue weighted by molar-refractivity contribution is 6.05. The van der Waals surface area contributed by atoms with Gasteiger partial charge in [0.2, 0.25) is 0 Å². The van der Waals surface area contributed by atoms with Crippen LogP contribution in [0.4, 0.5) is 13.2 Å². The number of carbonyl (C=O) groups excluding carboxylic acids is 2. The van der Waals surface area contributed by atoms with Crippen molar-refractivity contribution in [2.75, 3.05) is 7.11 Å². The maximum absolute atomic E-state index is 12.2. The largest absolute Gasteiger partial charge is 0.573 e. The molecule has 0 amide bonds. The van der Waals surface area contributed by atoms with E-state index in [1.165, 1.54) is 25.3 Å². The zero-order chi connectivity index (χ0) is 18.9. The molecule has 0 spiro atoms. The molecule has 1 aliphatic rings. The molecule has 2 aromatic carbocycles. The number of fused-ring (bicyclic) bond motifs is 1. The van der Waals surface area contributed by atoms with Crippen molar-refractivity contribution in [1.29, 1.82) is 0 Å². The lowest BCUT2D eigenvalue weighted by Gasteiger charge is -2.14. The third-order valence-electron chi connectivity index (χ3n) is 3.85. The number of hydrogen-bond acceptors (Lipinski definition) is 5. The van der Waals surface area contributed by atoms with E-state index < -0.39 is 18.1 Å². The van der Waals surface area contributed by atoms with Crippen LogP contribution >= 0.6 is 0 Å². The highest BCUT2D eigenvalue weighted by Gasteiger charge is 2.31. The van der Waals surface area contributed by atoms with Gasteiger partial charge in [0.1, 0.15) is 22.8 Å². The van der Waals surface area contributed by atoms with Gasteiger partial charge >= 0.3 is 12.3 Å². The summed E-state index contributed by atoms with van der Waals surface area (Å²) >= 11 is 0. The van der Waals surface area contributed by atoms with E-state index in [-0.39, 0.29) is 22.8 Å². The predicted octanol–water partition coefficient (Wildman–Crippen LogP) is 4.29. The minimum Gasteiger partial charge on any atom is -0.465 e. The van der Waals surface area contributed by atoms with Crippen molar-refractivity contribution in [1.82, 2.24) is 0 Å². The number of carbonyl (C=O) groups is 2.